The van der Waals surface area contributed by atoms with Gasteiger partial charge in [-0.3, -0.25) is 0 Å². The standard InChI is InChI=1S/C50H78/c1-7-13-17-21-25-29-33-45-41-49(47(39-43(45)11-5)35-31-27-23-19-15-9-3)37-38-50-42-46(34-30-26-22-18-14-8-2)44(12-6)40-48(50)36-32-28-24-20-16-10-4/h11-12,39-42H,5-10,13-36H2,1-4H3. The molecule has 0 aliphatic carbocycles. The van der Waals surface area contributed by atoms with Gasteiger partial charge in [0.05, 0.1) is 0 Å². The van der Waals surface area contributed by atoms with Crippen molar-refractivity contribution in [3.8, 4) is 11.8 Å². The summed E-state index contributed by atoms with van der Waals surface area (Å²) in [5.74, 6) is 7.61. The lowest BCUT2D eigenvalue weighted by Gasteiger charge is -2.14. The zero-order chi connectivity index (χ0) is 36.1. The maximum Gasteiger partial charge on any atom is 0.0284 e. The van der Waals surface area contributed by atoms with E-state index in [-0.39, 0.29) is 0 Å². The minimum atomic E-state index is 1.11. The van der Waals surface area contributed by atoms with Crippen molar-refractivity contribution in [3.05, 3.63) is 81.9 Å². The van der Waals surface area contributed by atoms with Gasteiger partial charge in [0.15, 0.2) is 0 Å². The molecule has 0 aromatic heterocycles. The fraction of sp³-hybridized carbons (Fsp3) is 0.640. The Hall–Kier alpha value is -2.52. The maximum atomic E-state index is 4.25. The predicted octanol–water partition coefficient (Wildman–Crippen LogP) is 16.0. The maximum absolute atomic E-state index is 4.25. The van der Waals surface area contributed by atoms with E-state index in [9.17, 15) is 0 Å². The Balaban J connectivity index is 2.42. The van der Waals surface area contributed by atoms with Crippen LogP contribution in [0.2, 0.25) is 0 Å². The summed E-state index contributed by atoms with van der Waals surface area (Å²) in [6, 6.07) is 9.78. The van der Waals surface area contributed by atoms with Gasteiger partial charge in [0.25, 0.3) is 0 Å². The molecule has 2 aromatic rings. The highest BCUT2D eigenvalue weighted by atomic mass is 14.2. The predicted molar refractivity (Wildman–Crippen MR) is 227 cm³/mol. The summed E-state index contributed by atoms with van der Waals surface area (Å²) < 4.78 is 0. The molecule has 0 unspecified atom stereocenters. The summed E-state index contributed by atoms with van der Waals surface area (Å²) in [6.45, 7) is 17.7. The number of rotatable bonds is 30. The molecule has 0 radical (unpaired) electrons. The van der Waals surface area contributed by atoms with Crippen molar-refractivity contribution in [1.29, 1.82) is 0 Å². The molecule has 0 amide bonds. The van der Waals surface area contributed by atoms with Crippen LogP contribution in [0.25, 0.3) is 12.2 Å². The van der Waals surface area contributed by atoms with Gasteiger partial charge < -0.3 is 0 Å². The third-order valence-corrected chi connectivity index (χ3v) is 10.7. The van der Waals surface area contributed by atoms with Gasteiger partial charge in [-0.05, 0) is 96.9 Å². The Morgan fingerprint density at radius 2 is 0.620 bits per heavy atom. The first-order valence-electron chi connectivity index (χ1n) is 21.7. The summed E-state index contributed by atoms with van der Waals surface area (Å²) in [4.78, 5) is 0. The van der Waals surface area contributed by atoms with Crippen molar-refractivity contribution in [2.75, 3.05) is 0 Å². The van der Waals surface area contributed by atoms with Gasteiger partial charge in [-0.15, -0.1) is 0 Å². The molecule has 0 fully saturated rings. The summed E-state index contributed by atoms with van der Waals surface area (Å²) in [7, 11) is 0. The van der Waals surface area contributed by atoms with Crippen molar-refractivity contribution >= 4 is 12.2 Å². The minimum absolute atomic E-state index is 1.11. The SMILES string of the molecule is C=Cc1cc(CCCCCCCC)c(C#Cc2cc(CCCCCCCC)c(C=C)cc2CCCCCCCC)cc1CCCCCCCC. The highest BCUT2D eigenvalue weighted by molar-refractivity contribution is 5.61. The van der Waals surface area contributed by atoms with Gasteiger partial charge in [0.1, 0.15) is 0 Å². The largest absolute Gasteiger partial charge is 0.0985 e. The second-order valence-corrected chi connectivity index (χ2v) is 15.1. The second-order valence-electron chi connectivity index (χ2n) is 15.1. The Morgan fingerprint density at radius 1 is 0.360 bits per heavy atom. The highest BCUT2D eigenvalue weighted by Crippen LogP contribution is 2.26. The molecule has 0 heteroatoms. The van der Waals surface area contributed by atoms with E-state index in [2.05, 4.69) is 89.1 Å². The molecule has 0 nitrogen and oxygen atoms in total. The van der Waals surface area contributed by atoms with Gasteiger partial charge in [0.2, 0.25) is 0 Å². The van der Waals surface area contributed by atoms with Gasteiger partial charge in [-0.2, -0.15) is 0 Å². The van der Waals surface area contributed by atoms with Crippen LogP contribution in [0.1, 0.15) is 226 Å². The van der Waals surface area contributed by atoms with E-state index in [0.29, 0.717) is 0 Å². The molecule has 50 heavy (non-hydrogen) atoms. The normalized spacial score (nSPS) is 11.0. The molecule has 0 saturated carbocycles. The van der Waals surface area contributed by atoms with Crippen LogP contribution in [-0.2, 0) is 25.7 Å². The first-order valence-corrected chi connectivity index (χ1v) is 21.7. The van der Waals surface area contributed by atoms with Crippen LogP contribution >= 0.6 is 0 Å². The van der Waals surface area contributed by atoms with E-state index >= 15 is 0 Å². The first kappa shape index (κ1) is 43.6. The lowest BCUT2D eigenvalue weighted by Crippen LogP contribution is -2.00. The number of hydrogen-bond donors (Lipinski definition) is 0. The molecule has 0 N–H and O–H groups in total. The van der Waals surface area contributed by atoms with Crippen LogP contribution in [0.3, 0.4) is 0 Å². The van der Waals surface area contributed by atoms with Crippen LogP contribution in [0.5, 0.6) is 0 Å². The Kier molecular flexibility index (Phi) is 25.4. The van der Waals surface area contributed by atoms with E-state index in [4.69, 9.17) is 0 Å². The molecule has 2 aromatic carbocycles. The van der Waals surface area contributed by atoms with Gasteiger partial charge in [0, 0.05) is 11.1 Å². The summed E-state index contributed by atoms with van der Waals surface area (Å²) in [5, 5.41) is 0. The van der Waals surface area contributed by atoms with Crippen molar-refractivity contribution in [2.24, 2.45) is 0 Å². The van der Waals surface area contributed by atoms with Crippen LogP contribution < -0.4 is 0 Å². The van der Waals surface area contributed by atoms with Crippen LogP contribution in [-0.4, -0.2) is 0 Å². The van der Waals surface area contributed by atoms with Gasteiger partial charge >= 0.3 is 0 Å². The lowest BCUT2D eigenvalue weighted by molar-refractivity contribution is 0.605. The highest BCUT2D eigenvalue weighted by Gasteiger charge is 2.11. The summed E-state index contributed by atoms with van der Waals surface area (Å²) in [6.07, 6.45) is 40.4. The van der Waals surface area contributed by atoms with Gasteiger partial charge in [-0.1, -0.05) is 205 Å². The van der Waals surface area contributed by atoms with E-state index in [0.717, 1.165) is 25.7 Å². The molecular weight excluding hydrogens is 601 g/mol. The molecule has 0 atom stereocenters. The molecule has 0 spiro atoms. The fourth-order valence-electron chi connectivity index (χ4n) is 7.39. The van der Waals surface area contributed by atoms with Crippen molar-refractivity contribution in [1.82, 2.24) is 0 Å². The molecule has 0 aliphatic rings. The summed E-state index contributed by atoms with van der Waals surface area (Å²) >= 11 is 0. The topological polar surface area (TPSA) is 0 Å². The van der Waals surface area contributed by atoms with E-state index in [1.165, 1.54) is 199 Å². The second kappa shape index (κ2) is 29.1. The quantitative estimate of drug-likeness (QED) is 0.0570. The van der Waals surface area contributed by atoms with Crippen LogP contribution in [0.15, 0.2) is 37.4 Å². The third kappa shape index (κ3) is 18.1. The molecule has 278 valence electrons. The molecule has 0 heterocycles. The zero-order valence-corrected chi connectivity index (χ0v) is 33.7. The van der Waals surface area contributed by atoms with Crippen molar-refractivity contribution in [3.63, 3.8) is 0 Å². The smallest absolute Gasteiger partial charge is 0.0284 e. The number of hydrogen-bond acceptors (Lipinski definition) is 0. The Bertz CT molecular complexity index is 1150. The van der Waals surface area contributed by atoms with E-state index in [1.54, 1.807) is 0 Å². The molecule has 2 rings (SSSR count). The monoisotopic (exact) mass is 679 g/mol. The number of unbranched alkanes of at least 4 members (excludes halogenated alkanes) is 20. The van der Waals surface area contributed by atoms with Crippen LogP contribution in [0, 0.1) is 11.8 Å². The Morgan fingerprint density at radius 3 is 0.900 bits per heavy atom. The fourth-order valence-corrected chi connectivity index (χ4v) is 7.39. The van der Waals surface area contributed by atoms with E-state index < -0.39 is 0 Å². The molecule has 0 aliphatic heterocycles. The average molecular weight is 679 g/mol. The van der Waals surface area contributed by atoms with Crippen molar-refractivity contribution in [2.45, 2.75) is 207 Å². The Labute approximate surface area is 312 Å². The van der Waals surface area contributed by atoms with E-state index in [1.807, 2.05) is 0 Å². The van der Waals surface area contributed by atoms with Crippen molar-refractivity contribution < 1.29 is 0 Å². The number of aryl methyl sites for hydroxylation is 4. The lowest BCUT2D eigenvalue weighted by atomic mass is 9.90. The molecule has 0 saturated heterocycles. The third-order valence-electron chi connectivity index (χ3n) is 10.7. The van der Waals surface area contributed by atoms with Crippen LogP contribution in [0.4, 0.5) is 0 Å². The first-order chi connectivity index (χ1) is 24.6. The average Bonchev–Trinajstić information content (AvgIpc) is 3.13. The minimum Gasteiger partial charge on any atom is -0.0985 e. The van der Waals surface area contributed by atoms with Gasteiger partial charge in [-0.25, -0.2) is 0 Å². The number of benzene rings is 2. The summed E-state index contributed by atoms with van der Waals surface area (Å²) in [5.41, 5.74) is 10.9. The molecular formula is C50H78. The zero-order valence-electron chi connectivity index (χ0n) is 33.7. The molecule has 0 bridgehead atoms.